The molecule has 1 aromatic carbocycles. The maximum atomic E-state index is 13.1. The maximum absolute atomic E-state index is 13.1. The van der Waals surface area contributed by atoms with Gasteiger partial charge in [0.05, 0.1) is 5.75 Å². The van der Waals surface area contributed by atoms with Gasteiger partial charge >= 0.3 is 0 Å². The van der Waals surface area contributed by atoms with E-state index in [1.165, 1.54) is 43.0 Å². The molecule has 162 valence electrons. The molecule has 31 heavy (non-hydrogen) atoms. The number of aromatic nitrogens is 4. The fourth-order valence-electron chi connectivity index (χ4n) is 4.34. The Morgan fingerprint density at radius 2 is 1.81 bits per heavy atom. The second-order valence-electron chi connectivity index (χ2n) is 9.29. The molecule has 2 aliphatic carbocycles. The van der Waals surface area contributed by atoms with Gasteiger partial charge in [0.1, 0.15) is 5.82 Å². The van der Waals surface area contributed by atoms with Crippen molar-refractivity contribution in [3.8, 4) is 5.69 Å². The second-order valence-corrected chi connectivity index (χ2v) is 10.2. The van der Waals surface area contributed by atoms with E-state index in [4.69, 9.17) is 0 Å². The predicted molar refractivity (Wildman–Crippen MR) is 125 cm³/mol. The molecule has 0 spiro atoms. The molecule has 5 rings (SSSR count). The highest BCUT2D eigenvalue weighted by molar-refractivity contribution is 7.99. The Hall–Kier alpha value is -2.34. The standard InChI is InChI=1S/C25H30N4OS/c1-15(2)18-7-9-20(10-8-18)28-16(3)13-22(17(28)4)23(30)14-31-25-27-26-24(19-5-6-19)29(25)21-11-12-21/h7-10,13,15,19,21H,5-6,11-12,14H2,1-4H3. The molecule has 2 fully saturated rings. The van der Waals surface area contributed by atoms with E-state index in [-0.39, 0.29) is 5.78 Å². The lowest BCUT2D eigenvalue weighted by molar-refractivity contribution is 0.102. The molecule has 0 bridgehead atoms. The third kappa shape index (κ3) is 3.98. The van der Waals surface area contributed by atoms with Gasteiger partial charge in [-0.05, 0) is 69.2 Å². The summed E-state index contributed by atoms with van der Waals surface area (Å²) in [6, 6.07) is 11.2. The maximum Gasteiger partial charge on any atom is 0.191 e. The molecule has 0 radical (unpaired) electrons. The molecule has 6 heteroatoms. The zero-order valence-electron chi connectivity index (χ0n) is 18.8. The molecule has 2 saturated carbocycles. The van der Waals surface area contributed by atoms with Gasteiger partial charge in [0.15, 0.2) is 10.9 Å². The number of aryl methyl sites for hydroxylation is 1. The van der Waals surface area contributed by atoms with Gasteiger partial charge in [-0.2, -0.15) is 0 Å². The van der Waals surface area contributed by atoms with Crippen molar-refractivity contribution in [2.75, 3.05) is 5.75 Å². The molecule has 0 unspecified atom stereocenters. The number of thioether (sulfide) groups is 1. The number of rotatable bonds is 8. The molecule has 5 nitrogen and oxygen atoms in total. The van der Waals surface area contributed by atoms with Gasteiger partial charge in [-0.1, -0.05) is 37.7 Å². The van der Waals surface area contributed by atoms with E-state index in [1.807, 2.05) is 13.0 Å². The van der Waals surface area contributed by atoms with Gasteiger partial charge in [-0.25, -0.2) is 0 Å². The summed E-state index contributed by atoms with van der Waals surface area (Å²) in [6.45, 7) is 8.51. The van der Waals surface area contributed by atoms with Gasteiger partial charge in [-0.15, -0.1) is 10.2 Å². The average molecular weight is 435 g/mol. The number of ketones is 1. The van der Waals surface area contributed by atoms with Crippen LogP contribution >= 0.6 is 11.8 Å². The topological polar surface area (TPSA) is 52.7 Å². The van der Waals surface area contributed by atoms with Crippen LogP contribution in [0.1, 0.15) is 90.5 Å². The Kier molecular flexibility index (Phi) is 5.29. The fourth-order valence-corrected chi connectivity index (χ4v) is 5.24. The summed E-state index contributed by atoms with van der Waals surface area (Å²) in [5, 5.41) is 9.81. The van der Waals surface area contributed by atoms with Crippen molar-refractivity contribution < 1.29 is 4.79 Å². The van der Waals surface area contributed by atoms with Crippen LogP contribution in [0.2, 0.25) is 0 Å². The SMILES string of the molecule is Cc1cc(C(=O)CSc2nnc(C3CC3)n2C2CC2)c(C)n1-c1ccc(C(C)C)cc1. The Balaban J connectivity index is 1.34. The van der Waals surface area contributed by atoms with Crippen LogP contribution in [-0.2, 0) is 0 Å². The Labute approximate surface area is 188 Å². The molecule has 2 aromatic heterocycles. The fraction of sp³-hybridized carbons (Fsp3) is 0.480. The summed E-state index contributed by atoms with van der Waals surface area (Å²) >= 11 is 1.54. The molecule has 0 aliphatic heterocycles. The Morgan fingerprint density at radius 1 is 1.10 bits per heavy atom. The molecule has 2 heterocycles. The monoisotopic (exact) mass is 434 g/mol. The first-order chi connectivity index (χ1) is 14.9. The van der Waals surface area contributed by atoms with Crippen molar-refractivity contribution in [2.24, 2.45) is 0 Å². The summed E-state index contributed by atoms with van der Waals surface area (Å²) in [6.07, 6.45) is 4.85. The predicted octanol–water partition coefficient (Wildman–Crippen LogP) is 6.00. The van der Waals surface area contributed by atoms with Crippen LogP contribution in [0.15, 0.2) is 35.5 Å². The summed E-state index contributed by atoms with van der Waals surface area (Å²) in [5.74, 6) is 2.78. The Bertz CT molecular complexity index is 1120. The summed E-state index contributed by atoms with van der Waals surface area (Å²) < 4.78 is 4.50. The average Bonchev–Trinajstić information content (AvgIpc) is 3.69. The third-order valence-electron chi connectivity index (χ3n) is 6.43. The number of hydrogen-bond acceptors (Lipinski definition) is 4. The van der Waals surface area contributed by atoms with E-state index < -0.39 is 0 Å². The first-order valence-electron chi connectivity index (χ1n) is 11.3. The molecular formula is C25H30N4OS. The van der Waals surface area contributed by atoms with Gasteiger partial charge in [0.2, 0.25) is 0 Å². The molecule has 0 N–H and O–H groups in total. The van der Waals surface area contributed by atoms with Crippen LogP contribution in [0.3, 0.4) is 0 Å². The lowest BCUT2D eigenvalue weighted by atomic mass is 10.0. The van der Waals surface area contributed by atoms with Crippen molar-refractivity contribution in [1.82, 2.24) is 19.3 Å². The van der Waals surface area contributed by atoms with E-state index in [0.717, 1.165) is 33.6 Å². The number of hydrogen-bond donors (Lipinski definition) is 0. The van der Waals surface area contributed by atoms with E-state index in [1.54, 1.807) is 0 Å². The number of Topliss-reactive ketones (excluding diaryl/α,β-unsaturated/α-hetero) is 1. The molecular weight excluding hydrogens is 404 g/mol. The van der Waals surface area contributed by atoms with Crippen LogP contribution in [-0.4, -0.2) is 30.9 Å². The Morgan fingerprint density at radius 3 is 2.42 bits per heavy atom. The molecule has 0 saturated heterocycles. The number of carbonyl (C=O) groups is 1. The van der Waals surface area contributed by atoms with E-state index in [2.05, 4.69) is 64.4 Å². The highest BCUT2D eigenvalue weighted by Crippen LogP contribution is 2.46. The van der Waals surface area contributed by atoms with Crippen LogP contribution in [0, 0.1) is 13.8 Å². The van der Waals surface area contributed by atoms with Crippen molar-refractivity contribution in [1.29, 1.82) is 0 Å². The molecule has 0 atom stereocenters. The van der Waals surface area contributed by atoms with Crippen LogP contribution in [0.25, 0.3) is 5.69 Å². The molecule has 2 aliphatic rings. The van der Waals surface area contributed by atoms with Crippen molar-refractivity contribution >= 4 is 17.5 Å². The lowest BCUT2D eigenvalue weighted by Crippen LogP contribution is -2.07. The first-order valence-corrected chi connectivity index (χ1v) is 12.3. The van der Waals surface area contributed by atoms with E-state index in [9.17, 15) is 4.79 Å². The van der Waals surface area contributed by atoms with Gasteiger partial charge in [0, 0.05) is 34.6 Å². The number of benzene rings is 1. The molecule has 3 aromatic rings. The first kappa shape index (κ1) is 20.6. The van der Waals surface area contributed by atoms with E-state index >= 15 is 0 Å². The van der Waals surface area contributed by atoms with Crippen LogP contribution in [0.4, 0.5) is 0 Å². The highest BCUT2D eigenvalue weighted by atomic mass is 32.2. The smallest absolute Gasteiger partial charge is 0.191 e. The minimum atomic E-state index is 0.154. The lowest BCUT2D eigenvalue weighted by Gasteiger charge is -2.12. The number of nitrogens with zero attached hydrogens (tertiary/aromatic N) is 4. The minimum absolute atomic E-state index is 0.154. The third-order valence-corrected chi connectivity index (χ3v) is 7.37. The van der Waals surface area contributed by atoms with Gasteiger partial charge in [-0.3, -0.25) is 4.79 Å². The van der Waals surface area contributed by atoms with Crippen LogP contribution in [0.5, 0.6) is 0 Å². The van der Waals surface area contributed by atoms with Crippen molar-refractivity contribution in [3.05, 3.63) is 58.7 Å². The largest absolute Gasteiger partial charge is 0.318 e. The van der Waals surface area contributed by atoms with E-state index in [0.29, 0.717) is 23.6 Å². The quantitative estimate of drug-likeness (QED) is 0.322. The summed E-state index contributed by atoms with van der Waals surface area (Å²) in [4.78, 5) is 13.1. The van der Waals surface area contributed by atoms with Crippen LogP contribution < -0.4 is 0 Å². The normalized spacial score (nSPS) is 16.3. The highest BCUT2D eigenvalue weighted by Gasteiger charge is 2.36. The van der Waals surface area contributed by atoms with Gasteiger partial charge in [0.25, 0.3) is 0 Å². The summed E-state index contributed by atoms with van der Waals surface area (Å²) in [7, 11) is 0. The van der Waals surface area contributed by atoms with Crippen molar-refractivity contribution in [3.63, 3.8) is 0 Å². The van der Waals surface area contributed by atoms with Gasteiger partial charge < -0.3 is 9.13 Å². The number of carbonyl (C=O) groups excluding carboxylic acids is 1. The van der Waals surface area contributed by atoms with Crippen molar-refractivity contribution in [2.45, 2.75) is 76.4 Å². The summed E-state index contributed by atoms with van der Waals surface area (Å²) in [5.41, 5.74) is 5.32. The second kappa shape index (κ2) is 7.97. The zero-order chi connectivity index (χ0) is 21.7. The zero-order valence-corrected chi connectivity index (χ0v) is 19.6. The minimum Gasteiger partial charge on any atom is -0.318 e. The molecule has 0 amide bonds.